The molecule has 0 saturated heterocycles. The summed E-state index contributed by atoms with van der Waals surface area (Å²) in [5.74, 6) is 0. The maximum atomic E-state index is 2.39. The fourth-order valence-corrected chi connectivity index (χ4v) is 2.40. The van der Waals surface area contributed by atoms with Crippen molar-refractivity contribution in [3.63, 3.8) is 0 Å². The van der Waals surface area contributed by atoms with Crippen LogP contribution < -0.4 is 0 Å². The molecule has 0 atom stereocenters. The molecule has 1 rings (SSSR count). The van der Waals surface area contributed by atoms with E-state index in [1.54, 1.807) is 0 Å². The van der Waals surface area contributed by atoms with Gasteiger partial charge in [0.2, 0.25) is 0 Å². The van der Waals surface area contributed by atoms with E-state index >= 15 is 0 Å². The van der Waals surface area contributed by atoms with Crippen LogP contribution in [-0.4, -0.2) is 15.0 Å². The molecule has 1 radical (unpaired) electrons. The molecule has 0 saturated carbocycles. The van der Waals surface area contributed by atoms with Crippen LogP contribution in [0.5, 0.6) is 0 Å². The van der Waals surface area contributed by atoms with Gasteiger partial charge in [0.15, 0.2) is 0 Å². The van der Waals surface area contributed by atoms with E-state index in [1.165, 1.54) is 17.3 Å². The van der Waals surface area contributed by atoms with Crippen LogP contribution in [0.4, 0.5) is 0 Å². The van der Waals surface area contributed by atoms with E-state index in [0.717, 1.165) is 0 Å². The van der Waals surface area contributed by atoms with Gasteiger partial charge >= 0.3 is 74.8 Å². The third-order valence-corrected chi connectivity index (χ3v) is 3.62. The molecule has 0 heterocycles. The monoisotopic (exact) mass is 213 g/mol. The maximum absolute atomic E-state index is 2.39. The van der Waals surface area contributed by atoms with Crippen molar-refractivity contribution in [1.29, 1.82) is 0 Å². The molecule has 0 fully saturated rings. The Bertz CT molecular complexity index is 181. The van der Waals surface area contributed by atoms with Crippen molar-refractivity contribution in [2.24, 2.45) is 0 Å². The first-order valence-electron chi connectivity index (χ1n) is 3.90. The first-order valence-corrected chi connectivity index (χ1v) is 6.10. The Morgan fingerprint density at radius 1 is 1.27 bits per heavy atom. The summed E-state index contributed by atoms with van der Waals surface area (Å²) in [5, 5.41) is 3.64. The summed E-state index contributed by atoms with van der Waals surface area (Å²) in [5.41, 5.74) is 1.47. The fourth-order valence-electron chi connectivity index (χ4n) is 0.847. The molecule has 0 nitrogen and oxygen atoms in total. The second kappa shape index (κ2) is 5.40. The Kier molecular flexibility index (Phi) is 4.33. The van der Waals surface area contributed by atoms with Crippen LogP contribution in [0.3, 0.4) is 0 Å². The zero-order valence-corrected chi connectivity index (χ0v) is 8.50. The zero-order chi connectivity index (χ0) is 7.94. The molecule has 0 N–H and O–H groups in total. The average molecular weight is 212 g/mol. The van der Waals surface area contributed by atoms with Crippen LogP contribution in [0.2, 0.25) is 0 Å². The number of rotatable bonds is 4. The number of hydrogen-bond acceptors (Lipinski definition) is 0. The van der Waals surface area contributed by atoms with E-state index in [2.05, 4.69) is 42.6 Å². The van der Waals surface area contributed by atoms with Gasteiger partial charge in [0.1, 0.15) is 0 Å². The van der Waals surface area contributed by atoms with E-state index in [9.17, 15) is 0 Å². The van der Waals surface area contributed by atoms with Crippen molar-refractivity contribution >= 4 is 15.0 Å². The van der Waals surface area contributed by atoms with Crippen molar-refractivity contribution < 1.29 is 0 Å². The number of benzene rings is 1. The predicted molar refractivity (Wildman–Crippen MR) is 50.5 cm³/mol. The predicted octanol–water partition coefficient (Wildman–Crippen LogP) is 2.46. The van der Waals surface area contributed by atoms with E-state index in [0.29, 0.717) is 15.0 Å². The van der Waals surface area contributed by atoms with Crippen LogP contribution >= 0.6 is 0 Å². The van der Waals surface area contributed by atoms with Crippen LogP contribution in [0.15, 0.2) is 30.3 Å². The molecule has 0 spiro atoms. The molecule has 1 aromatic carbocycles. The zero-order valence-electron chi connectivity index (χ0n) is 6.79. The fraction of sp³-hybridized carbons (Fsp3) is 0.300. The normalized spacial score (nSPS) is 9.91. The van der Waals surface area contributed by atoms with Crippen molar-refractivity contribution in [3.05, 3.63) is 41.2 Å². The van der Waals surface area contributed by atoms with Gasteiger partial charge in [0.05, 0.1) is 0 Å². The standard InChI is InChI=1S/C10H13Se/c1-2-8-11-9-10-6-4-3-5-7-10/h3-8H,2,9H2,1H3. The van der Waals surface area contributed by atoms with Crippen molar-refractivity contribution in [2.75, 3.05) is 0 Å². The summed E-state index contributed by atoms with van der Waals surface area (Å²) in [6.07, 6.45) is 1.22. The Balaban J connectivity index is 2.28. The molecule has 59 valence electrons. The van der Waals surface area contributed by atoms with E-state index in [4.69, 9.17) is 0 Å². The van der Waals surface area contributed by atoms with Gasteiger partial charge in [-0.3, -0.25) is 0 Å². The SMILES string of the molecule is CC[CH][Se]Cc1ccccc1. The molecular weight excluding hydrogens is 199 g/mol. The quantitative estimate of drug-likeness (QED) is 0.531. The molecule has 11 heavy (non-hydrogen) atoms. The minimum atomic E-state index is 0.704. The Morgan fingerprint density at radius 2 is 2.00 bits per heavy atom. The summed E-state index contributed by atoms with van der Waals surface area (Å²) in [4.78, 5) is 0. The molecule has 0 aliphatic heterocycles. The summed E-state index contributed by atoms with van der Waals surface area (Å²) in [7, 11) is 0. The molecule has 0 bridgehead atoms. The molecule has 0 aliphatic rings. The van der Waals surface area contributed by atoms with Crippen LogP contribution in [0.25, 0.3) is 0 Å². The van der Waals surface area contributed by atoms with Crippen molar-refractivity contribution in [1.82, 2.24) is 0 Å². The van der Waals surface area contributed by atoms with Crippen molar-refractivity contribution in [2.45, 2.75) is 18.7 Å². The summed E-state index contributed by atoms with van der Waals surface area (Å²) in [6, 6.07) is 10.7. The molecule has 0 unspecified atom stereocenters. The molecule has 0 amide bonds. The molecule has 1 aromatic rings. The van der Waals surface area contributed by atoms with Gasteiger partial charge in [-0.25, -0.2) is 0 Å². The van der Waals surface area contributed by atoms with Gasteiger partial charge < -0.3 is 0 Å². The van der Waals surface area contributed by atoms with Gasteiger partial charge in [-0.15, -0.1) is 0 Å². The molecule has 0 aliphatic carbocycles. The molecule has 1 heteroatoms. The summed E-state index contributed by atoms with van der Waals surface area (Å²) in [6.45, 7) is 2.20. The van der Waals surface area contributed by atoms with Gasteiger partial charge in [-0.05, 0) is 0 Å². The van der Waals surface area contributed by atoms with Crippen LogP contribution in [-0.2, 0) is 5.32 Å². The molecule has 0 aromatic heterocycles. The third-order valence-electron chi connectivity index (χ3n) is 1.38. The minimum absolute atomic E-state index is 0.704. The van der Waals surface area contributed by atoms with Crippen molar-refractivity contribution in [3.8, 4) is 0 Å². The summed E-state index contributed by atoms with van der Waals surface area (Å²) >= 11 is 0.704. The molecular formula is C10H13Se. The second-order valence-corrected chi connectivity index (χ2v) is 4.38. The van der Waals surface area contributed by atoms with Crippen LogP contribution in [0, 0.1) is 5.32 Å². The number of hydrogen-bond donors (Lipinski definition) is 0. The average Bonchev–Trinajstić information content (AvgIpc) is 2.07. The summed E-state index contributed by atoms with van der Waals surface area (Å²) < 4.78 is 0. The Labute approximate surface area is 75.2 Å². The van der Waals surface area contributed by atoms with E-state index < -0.39 is 0 Å². The van der Waals surface area contributed by atoms with Gasteiger partial charge in [-0.1, -0.05) is 0 Å². The Morgan fingerprint density at radius 3 is 2.64 bits per heavy atom. The third kappa shape index (κ3) is 3.59. The van der Waals surface area contributed by atoms with E-state index in [-0.39, 0.29) is 0 Å². The van der Waals surface area contributed by atoms with Gasteiger partial charge in [-0.2, -0.15) is 0 Å². The topological polar surface area (TPSA) is 0 Å². The van der Waals surface area contributed by atoms with Gasteiger partial charge in [0, 0.05) is 0 Å². The van der Waals surface area contributed by atoms with Gasteiger partial charge in [0.25, 0.3) is 0 Å². The second-order valence-electron chi connectivity index (χ2n) is 2.37. The van der Waals surface area contributed by atoms with Crippen LogP contribution in [0.1, 0.15) is 18.9 Å². The Hall–Kier alpha value is -0.261. The first-order chi connectivity index (χ1) is 5.43. The first kappa shape index (κ1) is 8.83. The van der Waals surface area contributed by atoms with E-state index in [1.807, 2.05) is 0 Å².